The number of anilines is 1. The molecule has 0 unspecified atom stereocenters. The van der Waals surface area contributed by atoms with E-state index in [4.69, 9.17) is 14.2 Å². The van der Waals surface area contributed by atoms with Crippen LogP contribution in [0.2, 0.25) is 0 Å². The van der Waals surface area contributed by atoms with Gasteiger partial charge in [0, 0.05) is 22.3 Å². The number of hydrogen-bond donors (Lipinski definition) is 1. The van der Waals surface area contributed by atoms with Gasteiger partial charge in [-0.1, -0.05) is 6.07 Å². The quantitative estimate of drug-likeness (QED) is 0.324. The smallest absolute Gasteiger partial charge is 0.294 e. The minimum Gasteiger partial charge on any atom is -0.490 e. The summed E-state index contributed by atoms with van der Waals surface area (Å²) in [5.41, 5.74) is 1.18. The van der Waals surface area contributed by atoms with Crippen LogP contribution in [0.25, 0.3) is 6.08 Å². The minimum absolute atomic E-state index is 0.136. The Morgan fingerprint density at radius 2 is 1.82 bits per heavy atom. The molecule has 0 aliphatic carbocycles. The van der Waals surface area contributed by atoms with Crippen molar-refractivity contribution in [3.8, 4) is 11.5 Å². The summed E-state index contributed by atoms with van der Waals surface area (Å²) in [6.07, 6.45) is 1.56. The largest absolute Gasteiger partial charge is 0.490 e. The number of halogens is 1. The summed E-state index contributed by atoms with van der Waals surface area (Å²) >= 11 is 2.92. The fourth-order valence-corrected chi connectivity index (χ4v) is 4.91. The number of carbonyl (C=O) groups excluding carboxylic acids is 4. The Morgan fingerprint density at radius 3 is 2.53 bits per heavy atom. The van der Waals surface area contributed by atoms with Gasteiger partial charge in [-0.25, -0.2) is 0 Å². The molecule has 2 saturated heterocycles. The van der Waals surface area contributed by atoms with Crippen molar-refractivity contribution in [1.29, 1.82) is 0 Å². The minimum atomic E-state index is -0.549. The van der Waals surface area contributed by atoms with Gasteiger partial charge in [-0.3, -0.25) is 24.1 Å². The molecule has 0 atom stereocenters. The summed E-state index contributed by atoms with van der Waals surface area (Å²) in [7, 11) is 0. The highest BCUT2D eigenvalue weighted by Gasteiger charge is 2.36. The van der Waals surface area contributed by atoms with Crippen molar-refractivity contribution in [3.05, 3.63) is 56.5 Å². The lowest BCUT2D eigenvalue weighted by atomic mass is 10.2. The van der Waals surface area contributed by atoms with Crippen LogP contribution in [-0.4, -0.2) is 78.8 Å². The van der Waals surface area contributed by atoms with E-state index in [1.807, 2.05) is 19.1 Å². The van der Waals surface area contributed by atoms with Crippen LogP contribution in [-0.2, 0) is 19.1 Å². The molecular formula is C26H26IN3O7S. The number of carbonyl (C=O) groups is 4. The Kier molecular flexibility index (Phi) is 9.63. The molecule has 0 saturated carbocycles. The Labute approximate surface area is 237 Å². The van der Waals surface area contributed by atoms with Crippen LogP contribution >= 0.6 is 34.4 Å². The van der Waals surface area contributed by atoms with Crippen LogP contribution in [0.4, 0.5) is 10.5 Å². The van der Waals surface area contributed by atoms with E-state index in [1.165, 1.54) is 0 Å². The van der Waals surface area contributed by atoms with Crippen molar-refractivity contribution in [2.45, 2.75) is 6.92 Å². The first-order valence-corrected chi connectivity index (χ1v) is 13.8. The van der Waals surface area contributed by atoms with Gasteiger partial charge in [0.1, 0.15) is 6.54 Å². The Bertz CT molecular complexity index is 1250. The highest BCUT2D eigenvalue weighted by molar-refractivity contribution is 14.1. The lowest BCUT2D eigenvalue weighted by Crippen LogP contribution is -2.43. The number of amides is 4. The third kappa shape index (κ3) is 7.26. The highest BCUT2D eigenvalue weighted by Crippen LogP contribution is 2.34. The number of benzene rings is 2. The van der Waals surface area contributed by atoms with E-state index in [1.54, 1.807) is 41.3 Å². The fraction of sp³-hybridized carbons (Fsp3) is 0.308. The predicted molar refractivity (Wildman–Crippen MR) is 151 cm³/mol. The van der Waals surface area contributed by atoms with E-state index >= 15 is 0 Å². The molecule has 2 aliphatic rings. The average Bonchev–Trinajstić information content (AvgIpc) is 3.17. The van der Waals surface area contributed by atoms with Crippen molar-refractivity contribution in [1.82, 2.24) is 9.80 Å². The predicted octanol–water partition coefficient (Wildman–Crippen LogP) is 3.60. The van der Waals surface area contributed by atoms with E-state index in [-0.39, 0.29) is 24.0 Å². The van der Waals surface area contributed by atoms with Gasteiger partial charge in [0.05, 0.1) is 24.7 Å². The molecule has 2 fully saturated rings. The fourth-order valence-electron chi connectivity index (χ4n) is 3.71. The van der Waals surface area contributed by atoms with E-state index in [2.05, 4.69) is 27.9 Å². The topological polar surface area (TPSA) is 114 Å². The zero-order valence-electron chi connectivity index (χ0n) is 20.6. The Morgan fingerprint density at radius 1 is 1.08 bits per heavy atom. The molecule has 200 valence electrons. The molecule has 38 heavy (non-hydrogen) atoms. The summed E-state index contributed by atoms with van der Waals surface area (Å²) in [5, 5.41) is 2.17. The van der Waals surface area contributed by atoms with Gasteiger partial charge in [0.25, 0.3) is 17.1 Å². The van der Waals surface area contributed by atoms with Crippen molar-refractivity contribution >= 4 is 69.1 Å². The number of rotatable bonds is 9. The maximum atomic E-state index is 12.9. The molecule has 4 amide bonds. The normalized spacial score (nSPS) is 16.6. The molecule has 0 bridgehead atoms. The molecule has 0 aromatic heterocycles. The molecule has 2 aromatic carbocycles. The summed E-state index contributed by atoms with van der Waals surface area (Å²) in [6.45, 7) is 3.74. The van der Waals surface area contributed by atoms with Gasteiger partial charge in [-0.15, -0.1) is 0 Å². The molecule has 1 N–H and O–H groups in total. The molecule has 0 spiro atoms. The standard InChI is InChI=1S/C26H26IN3O7S/c1-2-36-21-13-17(3-8-20(21)37-16-24(32)29-9-11-35-12-10-29)14-22-25(33)30(26(34)38-22)15-23(31)28-19-6-4-18(27)5-7-19/h3-8,13-14H,2,9-12,15-16H2,1H3,(H,28,31)/b22-14-. The van der Waals surface area contributed by atoms with Gasteiger partial charge in [0.2, 0.25) is 5.91 Å². The molecule has 10 nitrogen and oxygen atoms in total. The van der Waals surface area contributed by atoms with E-state index < -0.39 is 17.1 Å². The second-order valence-corrected chi connectivity index (χ2v) is 10.5. The number of morpholine rings is 1. The van der Waals surface area contributed by atoms with Gasteiger partial charge >= 0.3 is 0 Å². The summed E-state index contributed by atoms with van der Waals surface area (Å²) < 4.78 is 17.7. The van der Waals surface area contributed by atoms with Crippen LogP contribution in [0, 0.1) is 3.57 Å². The second-order valence-electron chi connectivity index (χ2n) is 8.24. The highest BCUT2D eigenvalue weighted by atomic mass is 127. The number of imide groups is 1. The first-order chi connectivity index (χ1) is 18.3. The molecule has 4 rings (SSSR count). The number of hydrogen-bond acceptors (Lipinski definition) is 8. The first-order valence-electron chi connectivity index (χ1n) is 11.9. The molecule has 2 aliphatic heterocycles. The molecule has 2 heterocycles. The second kappa shape index (κ2) is 13.1. The van der Waals surface area contributed by atoms with Crippen LogP contribution in [0.3, 0.4) is 0 Å². The summed E-state index contributed by atoms with van der Waals surface area (Å²) in [5.74, 6) is -0.355. The monoisotopic (exact) mass is 651 g/mol. The first kappa shape index (κ1) is 27.9. The third-order valence-corrected chi connectivity index (χ3v) is 7.21. The summed E-state index contributed by atoms with van der Waals surface area (Å²) in [6, 6.07) is 12.2. The van der Waals surface area contributed by atoms with Gasteiger partial charge < -0.3 is 24.4 Å². The maximum Gasteiger partial charge on any atom is 0.294 e. The number of nitrogens with one attached hydrogen (secondary N) is 1. The Hall–Kier alpha value is -3.10. The van der Waals surface area contributed by atoms with Crippen LogP contribution < -0.4 is 14.8 Å². The lowest BCUT2D eigenvalue weighted by molar-refractivity contribution is -0.137. The number of ether oxygens (including phenoxy) is 3. The number of nitrogens with zero attached hydrogens (tertiary/aromatic N) is 2. The lowest BCUT2D eigenvalue weighted by Gasteiger charge is -2.26. The van der Waals surface area contributed by atoms with Crippen molar-refractivity contribution in [3.63, 3.8) is 0 Å². The van der Waals surface area contributed by atoms with Crippen LogP contribution in [0.15, 0.2) is 47.4 Å². The van der Waals surface area contributed by atoms with E-state index in [9.17, 15) is 19.2 Å². The van der Waals surface area contributed by atoms with Crippen molar-refractivity contribution in [2.24, 2.45) is 0 Å². The van der Waals surface area contributed by atoms with Gasteiger partial charge in [-0.2, -0.15) is 0 Å². The SMILES string of the molecule is CCOc1cc(/C=C2\SC(=O)N(CC(=O)Nc3ccc(I)cc3)C2=O)ccc1OCC(=O)N1CCOCC1. The van der Waals surface area contributed by atoms with E-state index in [0.717, 1.165) is 20.2 Å². The van der Waals surface area contributed by atoms with Gasteiger partial charge in [0.15, 0.2) is 18.1 Å². The zero-order valence-corrected chi connectivity index (χ0v) is 23.6. The molecule has 0 radical (unpaired) electrons. The zero-order chi connectivity index (χ0) is 27.1. The maximum absolute atomic E-state index is 12.9. The molecule has 12 heteroatoms. The number of thioether (sulfide) groups is 1. The third-order valence-electron chi connectivity index (χ3n) is 5.58. The van der Waals surface area contributed by atoms with Gasteiger partial charge in [-0.05, 0) is 89.3 Å². The van der Waals surface area contributed by atoms with Crippen LogP contribution in [0.5, 0.6) is 11.5 Å². The summed E-state index contributed by atoms with van der Waals surface area (Å²) in [4.78, 5) is 53.0. The molecular weight excluding hydrogens is 625 g/mol. The van der Waals surface area contributed by atoms with Crippen molar-refractivity contribution in [2.75, 3.05) is 51.4 Å². The average molecular weight is 651 g/mol. The molecule has 2 aromatic rings. The van der Waals surface area contributed by atoms with Crippen LogP contribution in [0.1, 0.15) is 12.5 Å². The van der Waals surface area contributed by atoms with E-state index in [0.29, 0.717) is 55.7 Å². The Balaban J connectivity index is 1.40. The van der Waals surface area contributed by atoms with Crippen molar-refractivity contribution < 1.29 is 33.4 Å².